The highest BCUT2D eigenvalue weighted by Gasteiger charge is 2.32. The minimum absolute atomic E-state index is 0.00636. The van der Waals surface area contributed by atoms with Gasteiger partial charge in [-0.15, -0.1) is 0 Å². The SMILES string of the molecule is CC(C=CC=C(C)C=CC1=C(C)C(=O)C(O)=CC1(C)C)=CC=CC=C(C)C=CC=C(C)C=CC1=C(C)CC(O)CC1(C)C. The summed E-state index contributed by atoms with van der Waals surface area (Å²) in [5.74, 6) is -0.476. The Balaban J connectivity index is 1.93. The fourth-order valence-corrected chi connectivity index (χ4v) is 5.57. The zero-order valence-corrected chi connectivity index (χ0v) is 28.0. The predicted octanol–water partition coefficient (Wildman–Crippen LogP) is 10.4. The van der Waals surface area contributed by atoms with Crippen molar-refractivity contribution in [1.29, 1.82) is 0 Å². The molecular weight excluding hydrogens is 528 g/mol. The summed E-state index contributed by atoms with van der Waals surface area (Å²) in [7, 11) is 0. The maximum atomic E-state index is 12.2. The van der Waals surface area contributed by atoms with Crippen molar-refractivity contribution in [3.63, 3.8) is 0 Å². The fraction of sp³-hybridized carbons (Fsp3) is 0.375. The van der Waals surface area contributed by atoms with Gasteiger partial charge in [0.25, 0.3) is 0 Å². The second-order valence-corrected chi connectivity index (χ2v) is 13.2. The van der Waals surface area contributed by atoms with Gasteiger partial charge in [-0.3, -0.25) is 4.79 Å². The molecule has 0 amide bonds. The van der Waals surface area contributed by atoms with Crippen molar-refractivity contribution in [2.24, 2.45) is 10.8 Å². The smallest absolute Gasteiger partial charge is 0.222 e. The molecule has 230 valence electrons. The van der Waals surface area contributed by atoms with Gasteiger partial charge in [0.05, 0.1) is 6.10 Å². The quantitative estimate of drug-likeness (QED) is 0.253. The average Bonchev–Trinajstić information content (AvgIpc) is 2.88. The van der Waals surface area contributed by atoms with Gasteiger partial charge in [0.2, 0.25) is 5.78 Å². The lowest BCUT2D eigenvalue weighted by molar-refractivity contribution is -0.114. The summed E-state index contributed by atoms with van der Waals surface area (Å²) in [5, 5.41) is 20.0. The molecule has 0 bridgehead atoms. The molecule has 0 saturated carbocycles. The Morgan fingerprint density at radius 3 is 1.67 bits per heavy atom. The molecule has 2 aliphatic rings. The first-order chi connectivity index (χ1) is 20.0. The first kappa shape index (κ1) is 35.5. The molecule has 1 unspecified atom stereocenters. The van der Waals surface area contributed by atoms with Crippen molar-refractivity contribution in [1.82, 2.24) is 0 Å². The van der Waals surface area contributed by atoms with Crippen LogP contribution in [0.5, 0.6) is 0 Å². The van der Waals surface area contributed by atoms with E-state index in [2.05, 4.69) is 90.2 Å². The summed E-state index contributed by atoms with van der Waals surface area (Å²) in [6.45, 7) is 20.6. The van der Waals surface area contributed by atoms with Gasteiger partial charge in [-0.05, 0) is 77.0 Å². The van der Waals surface area contributed by atoms with E-state index in [9.17, 15) is 15.0 Å². The van der Waals surface area contributed by atoms with Crippen molar-refractivity contribution in [2.45, 2.75) is 88.2 Å². The molecule has 1 atom stereocenters. The number of Topliss-reactive ketones (excluding diaryl/α,β-unsaturated/α-hetero) is 1. The van der Waals surface area contributed by atoms with Crippen LogP contribution in [0.3, 0.4) is 0 Å². The number of carbonyl (C=O) groups excluding carboxylic acids is 1. The molecule has 0 radical (unpaired) electrons. The third-order valence-corrected chi connectivity index (χ3v) is 7.94. The predicted molar refractivity (Wildman–Crippen MR) is 185 cm³/mol. The second kappa shape index (κ2) is 15.7. The van der Waals surface area contributed by atoms with Crippen LogP contribution in [0.1, 0.15) is 82.1 Å². The van der Waals surface area contributed by atoms with Crippen molar-refractivity contribution in [2.75, 3.05) is 0 Å². The van der Waals surface area contributed by atoms with Gasteiger partial charge < -0.3 is 10.2 Å². The van der Waals surface area contributed by atoms with Gasteiger partial charge >= 0.3 is 0 Å². The van der Waals surface area contributed by atoms with E-state index in [4.69, 9.17) is 0 Å². The molecule has 43 heavy (non-hydrogen) atoms. The zero-order valence-electron chi connectivity index (χ0n) is 28.0. The van der Waals surface area contributed by atoms with Crippen LogP contribution in [0.15, 0.2) is 141 Å². The maximum Gasteiger partial charge on any atom is 0.222 e. The Labute approximate surface area is 260 Å². The normalized spacial score (nSPS) is 22.9. The third kappa shape index (κ3) is 11.1. The fourth-order valence-electron chi connectivity index (χ4n) is 5.57. The highest BCUT2D eigenvalue weighted by Crippen LogP contribution is 2.41. The standard InChI is InChI=1S/C40H52O3/c1-28(17-13-19-30(3)21-23-35-32(5)25-34(41)26-39(35,7)8)15-11-12-16-29(2)18-14-20-31(4)22-24-36-33(6)38(43)37(42)27-40(36,9)10/h11-24,27,34,41-42H,25-26H2,1-10H3. The van der Waals surface area contributed by atoms with Crippen LogP contribution in [0.4, 0.5) is 0 Å². The minimum Gasteiger partial charge on any atom is -0.504 e. The van der Waals surface area contributed by atoms with E-state index in [1.807, 2.05) is 57.2 Å². The molecule has 3 nitrogen and oxygen atoms in total. The van der Waals surface area contributed by atoms with Crippen LogP contribution >= 0.6 is 0 Å². The number of ketones is 1. The molecular formula is C40H52O3. The average molecular weight is 581 g/mol. The van der Waals surface area contributed by atoms with Crippen LogP contribution in [0.2, 0.25) is 0 Å². The largest absolute Gasteiger partial charge is 0.504 e. The molecule has 0 heterocycles. The number of aliphatic hydroxyl groups is 2. The Bertz CT molecular complexity index is 1430. The van der Waals surface area contributed by atoms with E-state index in [1.54, 1.807) is 13.0 Å². The van der Waals surface area contributed by atoms with E-state index in [1.165, 1.54) is 16.7 Å². The number of hydrogen-bond donors (Lipinski definition) is 2. The van der Waals surface area contributed by atoms with Crippen molar-refractivity contribution in [3.05, 3.63) is 141 Å². The minimum atomic E-state index is -0.397. The first-order valence-corrected chi connectivity index (χ1v) is 15.2. The molecule has 2 N–H and O–H groups in total. The number of carbonyl (C=O) groups is 1. The highest BCUT2D eigenvalue weighted by molar-refractivity contribution is 6.08. The summed E-state index contributed by atoms with van der Waals surface area (Å²) in [6, 6.07) is 0. The van der Waals surface area contributed by atoms with E-state index >= 15 is 0 Å². The Morgan fingerprint density at radius 1 is 0.744 bits per heavy atom. The van der Waals surface area contributed by atoms with Crippen molar-refractivity contribution in [3.8, 4) is 0 Å². The summed E-state index contributed by atoms with van der Waals surface area (Å²) in [4.78, 5) is 12.2. The van der Waals surface area contributed by atoms with Gasteiger partial charge in [-0.25, -0.2) is 0 Å². The monoisotopic (exact) mass is 580 g/mol. The van der Waals surface area contributed by atoms with Gasteiger partial charge in [-0.1, -0.05) is 141 Å². The van der Waals surface area contributed by atoms with E-state index in [0.29, 0.717) is 5.57 Å². The topological polar surface area (TPSA) is 57.5 Å². The summed E-state index contributed by atoms with van der Waals surface area (Å²) in [6.07, 6.45) is 32.0. The molecule has 0 fully saturated rings. The van der Waals surface area contributed by atoms with Crippen LogP contribution < -0.4 is 0 Å². The lowest BCUT2D eigenvalue weighted by atomic mass is 9.71. The molecule has 0 spiro atoms. The van der Waals surface area contributed by atoms with Gasteiger partial charge in [0, 0.05) is 11.0 Å². The molecule has 2 rings (SSSR count). The second-order valence-electron chi connectivity index (χ2n) is 13.2. The van der Waals surface area contributed by atoms with Gasteiger partial charge in [0.15, 0.2) is 5.76 Å². The van der Waals surface area contributed by atoms with Crippen LogP contribution in [-0.4, -0.2) is 22.1 Å². The lowest BCUT2D eigenvalue weighted by Gasteiger charge is -2.35. The Hall–Kier alpha value is -3.69. The third-order valence-electron chi connectivity index (χ3n) is 7.94. The number of aliphatic hydroxyl groups excluding tert-OH is 2. The van der Waals surface area contributed by atoms with E-state index in [0.717, 1.165) is 35.1 Å². The molecule has 0 aliphatic heterocycles. The summed E-state index contributed by atoms with van der Waals surface area (Å²) >= 11 is 0. The van der Waals surface area contributed by atoms with Crippen molar-refractivity contribution >= 4 is 5.78 Å². The summed E-state index contributed by atoms with van der Waals surface area (Å²) < 4.78 is 0. The van der Waals surface area contributed by atoms with Crippen LogP contribution in [-0.2, 0) is 4.79 Å². The zero-order chi connectivity index (χ0) is 32.4. The van der Waals surface area contributed by atoms with Gasteiger partial charge in [-0.2, -0.15) is 0 Å². The van der Waals surface area contributed by atoms with E-state index in [-0.39, 0.29) is 23.1 Å². The number of hydrogen-bond acceptors (Lipinski definition) is 3. The van der Waals surface area contributed by atoms with Gasteiger partial charge in [0.1, 0.15) is 0 Å². The molecule has 0 aromatic carbocycles. The van der Waals surface area contributed by atoms with E-state index < -0.39 is 5.41 Å². The van der Waals surface area contributed by atoms with Crippen LogP contribution in [0, 0.1) is 10.8 Å². The summed E-state index contributed by atoms with van der Waals surface area (Å²) in [5.41, 5.74) is 8.27. The lowest BCUT2D eigenvalue weighted by Crippen LogP contribution is -2.28. The van der Waals surface area contributed by atoms with Crippen molar-refractivity contribution < 1.29 is 15.0 Å². The molecule has 2 aliphatic carbocycles. The first-order valence-electron chi connectivity index (χ1n) is 15.2. The molecule has 0 saturated heterocycles. The highest BCUT2D eigenvalue weighted by atomic mass is 16.3. The Morgan fingerprint density at radius 2 is 1.19 bits per heavy atom. The molecule has 0 aromatic heterocycles. The number of allylic oxidation sites excluding steroid dienone is 22. The maximum absolute atomic E-state index is 12.2. The van der Waals surface area contributed by atoms with Crippen LogP contribution in [0.25, 0.3) is 0 Å². The Kier molecular flexibility index (Phi) is 13.0. The molecule has 0 aromatic rings. The number of rotatable bonds is 10. The molecule has 3 heteroatoms.